The molecule has 578 valence electrons. The molecule has 0 aromatic heterocycles. The van der Waals surface area contributed by atoms with Crippen LogP contribution in [0.2, 0.25) is 0 Å². The molecule has 0 unspecified atom stereocenters. The zero-order chi connectivity index (χ0) is 77.6. The van der Waals surface area contributed by atoms with Crippen molar-refractivity contribution in [2.45, 2.75) is 284 Å². The van der Waals surface area contributed by atoms with Gasteiger partial charge < -0.3 is 0 Å². The first-order valence-electron chi connectivity index (χ1n) is 26.2. The van der Waals surface area contributed by atoms with Crippen molar-refractivity contribution in [3.63, 3.8) is 0 Å². The predicted molar refractivity (Wildman–Crippen MR) is 223 cm³/mol. The molecule has 0 aliphatic rings. The SMILES string of the molecule is FC(F)(F)C(F)(F)C(F)(F)C(F)(F)C(F)(F)C(F)(F)C(F)(F)C(F)(F)C(F)(F)C(F)(F)C(F)(F)C(F)(F)CCCCCCCCCCCCCCCCCCCCCCC(F)(F)C(F)(F)C(F)(F)C(F)(F)C(F)(F)C(F)(F)C(F)(F)C(F)(F)C(F)(F)C(F)(F)C(F)(F)C(F)(F)F. The molecule has 0 radical (unpaired) electrons. The second-order valence-electron chi connectivity index (χ2n) is 21.5. The lowest BCUT2D eigenvalue weighted by molar-refractivity contribution is -0.482. The molecule has 0 spiro atoms. The molecular formula is C46H44F50. The van der Waals surface area contributed by atoms with Gasteiger partial charge in [0.05, 0.1) is 0 Å². The average Bonchev–Trinajstić information content (AvgIpc) is 0.692. The minimum absolute atomic E-state index is 0.0379. The van der Waals surface area contributed by atoms with Crippen LogP contribution in [0.25, 0.3) is 0 Å². The molecule has 0 aromatic rings. The van der Waals surface area contributed by atoms with Crippen LogP contribution in [0.4, 0.5) is 220 Å². The molecule has 0 aliphatic carbocycles. The van der Waals surface area contributed by atoms with Gasteiger partial charge in [-0.15, -0.1) is 0 Å². The maximum Gasteiger partial charge on any atom is 0.460 e. The van der Waals surface area contributed by atoms with Crippen LogP contribution in [0.3, 0.4) is 0 Å². The van der Waals surface area contributed by atoms with E-state index < -0.39 is 181 Å². The quantitative estimate of drug-likeness (QED) is 0.0422. The Labute approximate surface area is 503 Å². The number of halogens is 50. The molecular weight excluding hydrogens is 1500 g/mol. The van der Waals surface area contributed by atoms with Crippen molar-refractivity contribution >= 4 is 0 Å². The van der Waals surface area contributed by atoms with Crippen LogP contribution in [0.5, 0.6) is 0 Å². The molecule has 0 bridgehead atoms. The first kappa shape index (κ1) is 92.5. The Morgan fingerprint density at radius 2 is 0.177 bits per heavy atom. The fraction of sp³-hybridized carbons (Fsp3) is 1.00. The van der Waals surface area contributed by atoms with E-state index in [-0.39, 0.29) is 38.5 Å². The summed E-state index contributed by atoms with van der Waals surface area (Å²) in [6.07, 6.45) is -22.6. The minimum Gasteiger partial charge on any atom is -0.200 e. The molecule has 0 atom stereocenters. The van der Waals surface area contributed by atoms with E-state index in [1.165, 1.54) is 0 Å². The molecule has 0 heterocycles. The summed E-state index contributed by atoms with van der Waals surface area (Å²) in [6, 6.07) is 0. The molecule has 50 heteroatoms. The second kappa shape index (κ2) is 28.4. The van der Waals surface area contributed by atoms with Gasteiger partial charge in [-0.3, -0.25) is 0 Å². The van der Waals surface area contributed by atoms with Crippen LogP contribution in [-0.4, -0.2) is 143 Å². The summed E-state index contributed by atoms with van der Waals surface area (Å²) in [7, 11) is 0. The lowest BCUT2D eigenvalue weighted by atomic mass is 9.84. The number of hydrogen-bond acceptors (Lipinski definition) is 0. The third kappa shape index (κ3) is 14.8. The van der Waals surface area contributed by atoms with Crippen molar-refractivity contribution in [2.75, 3.05) is 0 Å². The van der Waals surface area contributed by atoms with E-state index in [1.807, 2.05) is 0 Å². The van der Waals surface area contributed by atoms with E-state index in [2.05, 4.69) is 0 Å². The van der Waals surface area contributed by atoms with Crippen molar-refractivity contribution in [1.82, 2.24) is 0 Å². The third-order valence-corrected chi connectivity index (χ3v) is 14.5. The highest BCUT2D eigenvalue weighted by molar-refractivity contribution is 5.22. The minimum atomic E-state index is -9.70. The monoisotopic (exact) mass is 1550 g/mol. The first-order valence-corrected chi connectivity index (χ1v) is 26.2. The van der Waals surface area contributed by atoms with Gasteiger partial charge in [-0.25, -0.2) is 0 Å². The van der Waals surface area contributed by atoms with Gasteiger partial charge in [-0.05, 0) is 12.8 Å². The van der Waals surface area contributed by atoms with Crippen LogP contribution < -0.4 is 0 Å². The zero-order valence-electron chi connectivity index (χ0n) is 46.5. The van der Waals surface area contributed by atoms with Crippen LogP contribution >= 0.6 is 0 Å². The molecule has 0 saturated heterocycles. The number of alkyl halides is 50. The van der Waals surface area contributed by atoms with Gasteiger partial charge in [0.25, 0.3) is 0 Å². The highest BCUT2D eigenvalue weighted by Gasteiger charge is 3.02. The van der Waals surface area contributed by atoms with E-state index >= 15 is 0 Å². The van der Waals surface area contributed by atoms with Gasteiger partial charge in [-0.2, -0.15) is 220 Å². The van der Waals surface area contributed by atoms with Crippen molar-refractivity contribution in [1.29, 1.82) is 0 Å². The summed E-state index contributed by atoms with van der Waals surface area (Å²) >= 11 is 0. The van der Waals surface area contributed by atoms with Gasteiger partial charge in [-0.1, -0.05) is 116 Å². The number of hydrogen-bond donors (Lipinski definition) is 0. The van der Waals surface area contributed by atoms with Crippen molar-refractivity contribution in [3.8, 4) is 0 Å². The normalized spacial score (nSPS) is 16.3. The Kier molecular flexibility index (Phi) is 27.3. The highest BCUT2D eigenvalue weighted by atomic mass is 19.5. The Balaban J connectivity index is 5.16. The van der Waals surface area contributed by atoms with E-state index in [0.29, 0.717) is 64.2 Å². The summed E-state index contributed by atoms with van der Waals surface area (Å²) < 4.78 is 684. The molecule has 0 rings (SSSR count). The third-order valence-electron chi connectivity index (χ3n) is 14.5. The summed E-state index contributed by atoms with van der Waals surface area (Å²) in [5.41, 5.74) is 0. The summed E-state index contributed by atoms with van der Waals surface area (Å²) in [6.45, 7) is 0. The smallest absolute Gasteiger partial charge is 0.200 e. The molecule has 0 nitrogen and oxygen atoms in total. The van der Waals surface area contributed by atoms with Crippen LogP contribution in [-0.2, 0) is 0 Å². The van der Waals surface area contributed by atoms with Crippen molar-refractivity contribution < 1.29 is 220 Å². The average molecular weight is 1550 g/mol. The van der Waals surface area contributed by atoms with Crippen LogP contribution in [0.15, 0.2) is 0 Å². The molecule has 0 N–H and O–H groups in total. The molecule has 0 aliphatic heterocycles. The molecule has 0 amide bonds. The second-order valence-corrected chi connectivity index (χ2v) is 21.5. The van der Waals surface area contributed by atoms with Crippen molar-refractivity contribution in [2.24, 2.45) is 0 Å². The van der Waals surface area contributed by atoms with E-state index in [1.54, 1.807) is 0 Å². The first-order chi connectivity index (χ1) is 41.7. The van der Waals surface area contributed by atoms with Crippen LogP contribution in [0, 0.1) is 0 Å². The Hall–Kier alpha value is -3.50. The largest absolute Gasteiger partial charge is 0.460 e. The Morgan fingerprint density at radius 1 is 0.0938 bits per heavy atom. The van der Waals surface area contributed by atoms with E-state index in [9.17, 15) is 220 Å². The summed E-state index contributed by atoms with van der Waals surface area (Å²) in [5.74, 6) is -198. The van der Waals surface area contributed by atoms with E-state index in [0.717, 1.165) is 0 Å². The number of unbranched alkanes of at least 4 members (excludes halogenated alkanes) is 19. The maximum absolute atomic E-state index is 14.2. The predicted octanol–water partition coefficient (Wildman–Crippen LogP) is 24.7. The Bertz CT molecular complexity index is 2270. The summed E-state index contributed by atoms with van der Waals surface area (Å²) in [4.78, 5) is 0. The molecule has 0 aromatic carbocycles. The lowest BCUT2D eigenvalue weighted by Crippen LogP contribution is -2.78. The van der Waals surface area contributed by atoms with Crippen LogP contribution in [0.1, 0.15) is 141 Å². The highest BCUT2D eigenvalue weighted by Crippen LogP contribution is 2.71. The van der Waals surface area contributed by atoms with Gasteiger partial charge in [0, 0.05) is 12.8 Å². The van der Waals surface area contributed by atoms with Gasteiger partial charge >= 0.3 is 143 Å². The maximum atomic E-state index is 14.2. The lowest BCUT2D eigenvalue weighted by Gasteiger charge is -2.45. The van der Waals surface area contributed by atoms with Gasteiger partial charge in [0.2, 0.25) is 0 Å². The van der Waals surface area contributed by atoms with Crippen molar-refractivity contribution in [3.05, 3.63) is 0 Å². The van der Waals surface area contributed by atoms with Gasteiger partial charge in [0.1, 0.15) is 0 Å². The van der Waals surface area contributed by atoms with Gasteiger partial charge in [0.15, 0.2) is 0 Å². The molecule has 0 saturated carbocycles. The zero-order valence-corrected chi connectivity index (χ0v) is 46.5. The Morgan fingerprint density at radius 3 is 0.281 bits per heavy atom. The fourth-order valence-corrected chi connectivity index (χ4v) is 8.16. The standard InChI is InChI=1S/C46H44F50/c47-23(48,25(51,52)27(55,56)29(59,60)31(63,64)33(67,68)35(71,72)37(75,76)39(79,80)41(83,84)43(87,88)45(91,92)93)21-19-17-15-13-11-9-7-5-3-1-2-4-6-8-10-12-14-16-18-20-22-24(49,50)26(53,54)28(57,58)30(61,62)32(65,66)34(69,70)36(73,74)38(77,78)40(81,82)42(85,86)44(89,90)46(94,95)96/h1-22H2. The summed E-state index contributed by atoms with van der Waals surface area (Å²) in [5, 5.41) is 0. The molecule has 96 heavy (non-hydrogen) atoms. The fourth-order valence-electron chi connectivity index (χ4n) is 8.16. The topological polar surface area (TPSA) is 0 Å². The number of rotatable bonds is 43. The molecule has 0 fully saturated rings. The van der Waals surface area contributed by atoms with E-state index in [4.69, 9.17) is 0 Å².